The number of carboxylic acid groups (broad SMARTS) is 1. The summed E-state index contributed by atoms with van der Waals surface area (Å²) >= 11 is 0. The fourth-order valence-electron chi connectivity index (χ4n) is 2.86. The molecule has 12 heteroatoms. The van der Waals surface area contributed by atoms with Crippen molar-refractivity contribution in [1.29, 1.82) is 0 Å². The topological polar surface area (TPSA) is 217 Å². The summed E-state index contributed by atoms with van der Waals surface area (Å²) in [5.41, 5.74) is 11.0. The molecule has 186 valence electrons. The Morgan fingerprint density at radius 3 is 1.81 bits per heavy atom. The van der Waals surface area contributed by atoms with Gasteiger partial charge >= 0.3 is 5.97 Å². The fraction of sp³-hybridized carbons (Fsp3) is 0.800. The average Bonchev–Trinajstić information content (AvgIpc) is 2.68. The number of rotatable bonds is 15. The molecule has 0 aromatic carbocycles. The van der Waals surface area contributed by atoms with Crippen LogP contribution >= 0.6 is 0 Å². The summed E-state index contributed by atoms with van der Waals surface area (Å²) in [4.78, 5) is 49.1. The largest absolute Gasteiger partial charge is 0.480 e. The van der Waals surface area contributed by atoms with Crippen LogP contribution in [0.4, 0.5) is 0 Å². The van der Waals surface area contributed by atoms with E-state index < -0.39 is 60.1 Å². The van der Waals surface area contributed by atoms with Gasteiger partial charge < -0.3 is 42.7 Å². The third-order valence-corrected chi connectivity index (χ3v) is 4.79. The molecule has 0 aliphatic rings. The summed E-state index contributed by atoms with van der Waals surface area (Å²) in [6.07, 6.45) is -1.01. The summed E-state index contributed by atoms with van der Waals surface area (Å²) < 4.78 is 0. The lowest BCUT2D eigenvalue weighted by Crippen LogP contribution is -2.60. The van der Waals surface area contributed by atoms with E-state index in [1.54, 1.807) is 0 Å². The Kier molecular flexibility index (Phi) is 13.7. The Labute approximate surface area is 188 Å². The molecule has 0 aliphatic carbocycles. The van der Waals surface area contributed by atoms with E-state index in [4.69, 9.17) is 11.5 Å². The summed E-state index contributed by atoms with van der Waals surface area (Å²) in [7, 11) is 0. The summed E-state index contributed by atoms with van der Waals surface area (Å²) in [6, 6.07) is -4.99. The highest BCUT2D eigenvalue weighted by Crippen LogP contribution is 2.08. The number of carbonyl (C=O) groups is 4. The predicted molar refractivity (Wildman–Crippen MR) is 117 cm³/mol. The van der Waals surface area contributed by atoms with Crippen molar-refractivity contribution in [3.8, 4) is 0 Å². The van der Waals surface area contributed by atoms with Crippen molar-refractivity contribution in [3.63, 3.8) is 0 Å². The molecule has 32 heavy (non-hydrogen) atoms. The predicted octanol–water partition coefficient (Wildman–Crippen LogP) is -2.21. The zero-order chi connectivity index (χ0) is 25.0. The molecule has 6 unspecified atom stereocenters. The van der Waals surface area contributed by atoms with E-state index in [1.165, 1.54) is 13.8 Å². The smallest absolute Gasteiger partial charge is 0.326 e. The SMILES string of the molecule is CC(C)CC(NC(=O)C(NC(=O)C(N)C(C)O)C(C)O)C(=O)NC(CCCCN)C(=O)O. The van der Waals surface area contributed by atoms with Gasteiger partial charge in [0.25, 0.3) is 0 Å². The van der Waals surface area contributed by atoms with Crippen LogP contribution in [0.15, 0.2) is 0 Å². The minimum Gasteiger partial charge on any atom is -0.480 e. The fourth-order valence-corrected chi connectivity index (χ4v) is 2.86. The number of carbonyl (C=O) groups excluding carboxylic acids is 3. The number of amides is 3. The first kappa shape index (κ1) is 29.7. The van der Waals surface area contributed by atoms with Gasteiger partial charge in [0.2, 0.25) is 17.7 Å². The molecule has 0 saturated carbocycles. The third-order valence-electron chi connectivity index (χ3n) is 4.79. The molecule has 0 saturated heterocycles. The number of unbranched alkanes of at least 4 members (excludes halogenated alkanes) is 1. The average molecular weight is 462 g/mol. The quantitative estimate of drug-likeness (QED) is 0.124. The van der Waals surface area contributed by atoms with Gasteiger partial charge in [0, 0.05) is 0 Å². The minimum absolute atomic E-state index is 0.0326. The number of nitrogens with one attached hydrogen (secondary N) is 3. The highest BCUT2D eigenvalue weighted by Gasteiger charge is 2.33. The molecule has 10 N–H and O–H groups in total. The van der Waals surface area contributed by atoms with Gasteiger partial charge in [-0.25, -0.2) is 4.79 Å². The van der Waals surface area contributed by atoms with Crippen molar-refractivity contribution in [2.24, 2.45) is 17.4 Å². The highest BCUT2D eigenvalue weighted by atomic mass is 16.4. The van der Waals surface area contributed by atoms with Gasteiger partial charge in [0.15, 0.2) is 0 Å². The van der Waals surface area contributed by atoms with Crippen molar-refractivity contribution in [3.05, 3.63) is 0 Å². The van der Waals surface area contributed by atoms with E-state index in [-0.39, 0.29) is 18.8 Å². The summed E-state index contributed by atoms with van der Waals surface area (Å²) in [5, 5.41) is 36.0. The van der Waals surface area contributed by atoms with Crippen molar-refractivity contribution in [2.45, 2.75) is 89.8 Å². The highest BCUT2D eigenvalue weighted by molar-refractivity contribution is 5.94. The van der Waals surface area contributed by atoms with E-state index in [0.29, 0.717) is 19.4 Å². The number of hydrogen-bond donors (Lipinski definition) is 8. The van der Waals surface area contributed by atoms with E-state index in [1.807, 2.05) is 13.8 Å². The lowest BCUT2D eigenvalue weighted by Gasteiger charge is -2.27. The van der Waals surface area contributed by atoms with Crippen LogP contribution in [-0.4, -0.2) is 81.9 Å². The van der Waals surface area contributed by atoms with E-state index in [0.717, 1.165) is 0 Å². The minimum atomic E-state index is -1.44. The second kappa shape index (κ2) is 14.7. The first-order chi connectivity index (χ1) is 14.8. The van der Waals surface area contributed by atoms with Gasteiger partial charge in [0.1, 0.15) is 24.2 Å². The van der Waals surface area contributed by atoms with Crippen LogP contribution in [0.1, 0.15) is 53.4 Å². The maximum Gasteiger partial charge on any atom is 0.326 e. The first-order valence-electron chi connectivity index (χ1n) is 10.8. The van der Waals surface area contributed by atoms with Crippen molar-refractivity contribution in [2.75, 3.05) is 6.54 Å². The monoisotopic (exact) mass is 461 g/mol. The molecule has 0 aromatic heterocycles. The second-order valence-corrected chi connectivity index (χ2v) is 8.37. The second-order valence-electron chi connectivity index (χ2n) is 8.37. The summed E-state index contributed by atoms with van der Waals surface area (Å²) in [5.74, 6) is -3.62. The van der Waals surface area contributed by atoms with E-state index in [9.17, 15) is 34.5 Å². The molecule has 6 atom stereocenters. The number of hydrogen-bond acceptors (Lipinski definition) is 8. The van der Waals surface area contributed by atoms with Crippen LogP contribution in [-0.2, 0) is 19.2 Å². The molecule has 0 aliphatic heterocycles. The van der Waals surface area contributed by atoms with Crippen LogP contribution in [0, 0.1) is 5.92 Å². The standard InChI is InChI=1S/C20H39N5O7/c1-10(2)9-14(17(28)23-13(20(31)32)7-5-6-8-21)24-19(30)16(12(4)27)25-18(29)15(22)11(3)26/h10-16,26-27H,5-9,21-22H2,1-4H3,(H,23,28)(H,24,30)(H,25,29)(H,31,32). The molecule has 0 rings (SSSR count). The van der Waals surface area contributed by atoms with Gasteiger partial charge in [-0.3, -0.25) is 14.4 Å². The molecule has 0 fully saturated rings. The molecule has 0 heterocycles. The van der Waals surface area contributed by atoms with Crippen molar-refractivity contribution < 1.29 is 34.5 Å². The zero-order valence-electron chi connectivity index (χ0n) is 19.2. The van der Waals surface area contributed by atoms with Gasteiger partial charge in [-0.15, -0.1) is 0 Å². The Balaban J connectivity index is 5.39. The Morgan fingerprint density at radius 1 is 0.812 bits per heavy atom. The summed E-state index contributed by atoms with van der Waals surface area (Å²) in [6.45, 7) is 6.61. The number of nitrogens with two attached hydrogens (primary N) is 2. The zero-order valence-corrected chi connectivity index (χ0v) is 19.2. The maximum absolute atomic E-state index is 12.8. The lowest BCUT2D eigenvalue weighted by atomic mass is 10.0. The Bertz CT molecular complexity index is 627. The number of aliphatic carboxylic acids is 1. The van der Waals surface area contributed by atoms with Crippen LogP contribution in [0.5, 0.6) is 0 Å². The molecule has 3 amide bonds. The van der Waals surface area contributed by atoms with Gasteiger partial charge in [-0.2, -0.15) is 0 Å². The third kappa shape index (κ3) is 10.8. The van der Waals surface area contributed by atoms with Crippen molar-refractivity contribution >= 4 is 23.7 Å². The Morgan fingerprint density at radius 2 is 1.38 bits per heavy atom. The van der Waals surface area contributed by atoms with Crippen molar-refractivity contribution in [1.82, 2.24) is 16.0 Å². The lowest BCUT2D eigenvalue weighted by molar-refractivity contribution is -0.142. The van der Waals surface area contributed by atoms with E-state index >= 15 is 0 Å². The molecular weight excluding hydrogens is 422 g/mol. The van der Waals surface area contributed by atoms with Gasteiger partial charge in [-0.05, 0) is 52.0 Å². The molecule has 0 aromatic rings. The van der Waals surface area contributed by atoms with Crippen LogP contribution in [0.2, 0.25) is 0 Å². The van der Waals surface area contributed by atoms with Gasteiger partial charge in [-0.1, -0.05) is 13.8 Å². The molecule has 0 spiro atoms. The van der Waals surface area contributed by atoms with Gasteiger partial charge in [0.05, 0.1) is 12.2 Å². The Hall–Kier alpha value is -2.28. The normalized spacial score (nSPS) is 16.9. The van der Waals surface area contributed by atoms with E-state index in [2.05, 4.69) is 16.0 Å². The van der Waals surface area contributed by atoms with Crippen LogP contribution in [0.25, 0.3) is 0 Å². The number of carboxylic acids is 1. The molecule has 0 radical (unpaired) electrons. The molecular formula is C20H39N5O7. The molecule has 0 bridgehead atoms. The first-order valence-corrected chi connectivity index (χ1v) is 10.8. The van der Waals surface area contributed by atoms with Crippen LogP contribution < -0.4 is 27.4 Å². The van der Waals surface area contributed by atoms with Crippen LogP contribution in [0.3, 0.4) is 0 Å². The number of aliphatic hydroxyl groups is 2. The molecule has 12 nitrogen and oxygen atoms in total. The number of aliphatic hydroxyl groups excluding tert-OH is 2. The maximum atomic E-state index is 12.8.